The number of carbonyl (C=O) groups is 2. The van der Waals surface area contributed by atoms with E-state index in [1.54, 1.807) is 38.4 Å². The van der Waals surface area contributed by atoms with E-state index in [9.17, 15) is 14.7 Å². The van der Waals surface area contributed by atoms with Crippen LogP contribution >= 0.6 is 0 Å². The molecule has 0 saturated heterocycles. The van der Waals surface area contributed by atoms with Gasteiger partial charge >= 0.3 is 0 Å². The Kier molecular flexibility index (Phi) is 9.34. The Bertz CT molecular complexity index is 1300. The largest absolute Gasteiger partial charge is 0.507 e. The molecule has 0 aliphatic rings. The molecule has 0 aromatic heterocycles. The normalized spacial score (nSPS) is 12.5. The number of nitrogens with zero attached hydrogens (tertiary/aromatic N) is 1. The van der Waals surface area contributed by atoms with Crippen LogP contribution in [0.1, 0.15) is 81.8 Å². The van der Waals surface area contributed by atoms with Crippen molar-refractivity contribution >= 4 is 17.5 Å². The summed E-state index contributed by atoms with van der Waals surface area (Å²) in [6.45, 7) is 14.4. The van der Waals surface area contributed by atoms with Gasteiger partial charge in [0, 0.05) is 19.2 Å². The lowest BCUT2D eigenvalue weighted by molar-refractivity contribution is -0.137. The molecule has 0 saturated carbocycles. The molecule has 0 heterocycles. The molecule has 1 atom stereocenters. The summed E-state index contributed by atoms with van der Waals surface area (Å²) in [7, 11) is 3.27. The van der Waals surface area contributed by atoms with Crippen LogP contribution < -0.4 is 10.1 Å². The maximum atomic E-state index is 13.6. The Morgan fingerprint density at radius 1 is 0.900 bits per heavy atom. The van der Waals surface area contributed by atoms with Crippen molar-refractivity contribution in [3.63, 3.8) is 0 Å². The van der Waals surface area contributed by atoms with Crippen LogP contribution in [0, 0.1) is 6.92 Å². The third kappa shape index (κ3) is 7.44. The quantitative estimate of drug-likeness (QED) is 0.318. The van der Waals surface area contributed by atoms with E-state index in [0.29, 0.717) is 23.6 Å². The minimum atomic E-state index is -0.801. The van der Waals surface area contributed by atoms with Crippen molar-refractivity contribution in [2.24, 2.45) is 0 Å². The van der Waals surface area contributed by atoms with Gasteiger partial charge in [-0.1, -0.05) is 83.5 Å². The minimum absolute atomic E-state index is 0.141. The number of carbonyl (C=O) groups excluding carboxylic acids is 2. The zero-order valence-corrected chi connectivity index (χ0v) is 25.4. The minimum Gasteiger partial charge on any atom is -0.507 e. The molecule has 6 nitrogen and oxygen atoms in total. The molecule has 3 aromatic rings. The maximum Gasteiger partial charge on any atom is 0.251 e. The lowest BCUT2D eigenvalue weighted by Gasteiger charge is -2.29. The van der Waals surface area contributed by atoms with Gasteiger partial charge in [-0.25, -0.2) is 0 Å². The molecule has 2 amide bonds. The first-order valence-electron chi connectivity index (χ1n) is 13.8. The number of aromatic hydroxyl groups is 1. The Morgan fingerprint density at radius 3 is 1.90 bits per heavy atom. The molecule has 2 N–H and O–H groups in total. The second-order valence-electron chi connectivity index (χ2n) is 12.6. The highest BCUT2D eigenvalue weighted by atomic mass is 16.5. The van der Waals surface area contributed by atoms with Crippen molar-refractivity contribution in [2.75, 3.05) is 19.5 Å². The van der Waals surface area contributed by atoms with E-state index in [4.69, 9.17) is 4.74 Å². The topological polar surface area (TPSA) is 78.9 Å². The van der Waals surface area contributed by atoms with Crippen LogP contribution in [0.15, 0.2) is 60.7 Å². The highest BCUT2D eigenvalue weighted by molar-refractivity contribution is 5.98. The lowest BCUT2D eigenvalue weighted by atomic mass is 9.78. The number of nitrogens with one attached hydrogen (secondary N) is 1. The SMILES string of the molecule is COc1ccc(NC(=O)[C@H](c2ccc(C)cc2)N(C)C(=O)CCc2cc(C(C)(C)C)c(O)c(C(C)(C)C)c2)cc1. The summed E-state index contributed by atoms with van der Waals surface area (Å²) >= 11 is 0. The van der Waals surface area contributed by atoms with E-state index in [1.165, 1.54) is 4.90 Å². The third-order valence-electron chi connectivity index (χ3n) is 7.19. The number of rotatable bonds is 8. The number of anilines is 1. The number of phenols is 1. The second-order valence-corrected chi connectivity index (χ2v) is 12.6. The highest BCUT2D eigenvalue weighted by Gasteiger charge is 2.30. The second kappa shape index (κ2) is 12.2. The molecule has 0 unspecified atom stereocenters. The average molecular weight is 545 g/mol. The first kappa shape index (κ1) is 30.7. The molecule has 3 aromatic carbocycles. The zero-order chi connectivity index (χ0) is 29.8. The summed E-state index contributed by atoms with van der Waals surface area (Å²) in [5, 5.41) is 14.0. The predicted molar refractivity (Wildman–Crippen MR) is 162 cm³/mol. The molecule has 0 aliphatic carbocycles. The Labute approximate surface area is 239 Å². The summed E-state index contributed by atoms with van der Waals surface area (Å²) in [4.78, 5) is 28.6. The van der Waals surface area contributed by atoms with Crippen molar-refractivity contribution < 1.29 is 19.4 Å². The molecule has 0 spiro atoms. The van der Waals surface area contributed by atoms with E-state index >= 15 is 0 Å². The van der Waals surface area contributed by atoms with Gasteiger partial charge in [-0.05, 0) is 70.7 Å². The summed E-state index contributed by atoms with van der Waals surface area (Å²) in [5.41, 5.74) is 4.65. The van der Waals surface area contributed by atoms with E-state index in [-0.39, 0.29) is 29.1 Å². The smallest absolute Gasteiger partial charge is 0.251 e. The molecule has 0 bridgehead atoms. The van der Waals surface area contributed by atoms with Crippen molar-refractivity contribution in [3.05, 3.63) is 88.5 Å². The van der Waals surface area contributed by atoms with E-state index in [1.807, 2.05) is 43.3 Å². The van der Waals surface area contributed by atoms with Crippen molar-refractivity contribution in [1.29, 1.82) is 0 Å². The number of aryl methyl sites for hydroxylation is 2. The number of likely N-dealkylation sites (N-methyl/N-ethyl adjacent to an activating group) is 1. The van der Waals surface area contributed by atoms with Crippen molar-refractivity contribution in [3.8, 4) is 11.5 Å². The number of benzene rings is 3. The molecular formula is C34H44N2O4. The first-order valence-corrected chi connectivity index (χ1v) is 13.8. The maximum absolute atomic E-state index is 13.6. The number of methoxy groups -OCH3 is 1. The van der Waals surface area contributed by atoms with E-state index < -0.39 is 6.04 Å². The Balaban J connectivity index is 1.87. The fourth-order valence-electron chi connectivity index (χ4n) is 4.74. The first-order chi connectivity index (χ1) is 18.6. The fraction of sp³-hybridized carbons (Fsp3) is 0.412. The van der Waals surface area contributed by atoms with Crippen molar-refractivity contribution in [2.45, 2.75) is 78.2 Å². The van der Waals surface area contributed by atoms with Gasteiger partial charge in [-0.2, -0.15) is 0 Å². The summed E-state index contributed by atoms with van der Waals surface area (Å²) in [6, 6.07) is 18.0. The number of hydrogen-bond donors (Lipinski definition) is 2. The molecule has 0 radical (unpaired) electrons. The lowest BCUT2D eigenvalue weighted by Crippen LogP contribution is -2.38. The Hall–Kier alpha value is -3.80. The van der Waals surface area contributed by atoms with Crippen LogP contribution in [0.2, 0.25) is 0 Å². The van der Waals surface area contributed by atoms with Crippen LogP contribution in [0.3, 0.4) is 0 Å². The molecule has 6 heteroatoms. The third-order valence-corrected chi connectivity index (χ3v) is 7.19. The van der Waals surface area contributed by atoms with Gasteiger partial charge in [0.15, 0.2) is 0 Å². The Morgan fingerprint density at radius 2 is 1.43 bits per heavy atom. The number of phenolic OH excluding ortho intramolecular Hbond substituents is 1. The number of ether oxygens (including phenoxy) is 1. The molecular weight excluding hydrogens is 500 g/mol. The molecule has 214 valence electrons. The summed E-state index contributed by atoms with van der Waals surface area (Å²) < 4.78 is 5.21. The van der Waals surface area contributed by atoms with Crippen molar-refractivity contribution in [1.82, 2.24) is 4.90 Å². The van der Waals surface area contributed by atoms with Gasteiger partial charge in [0.05, 0.1) is 7.11 Å². The van der Waals surface area contributed by atoms with Gasteiger partial charge in [0.2, 0.25) is 5.91 Å². The molecule has 40 heavy (non-hydrogen) atoms. The van der Waals surface area contributed by atoms with Gasteiger partial charge in [-0.3, -0.25) is 9.59 Å². The van der Waals surface area contributed by atoms with Crippen LogP contribution in [-0.2, 0) is 26.8 Å². The monoisotopic (exact) mass is 544 g/mol. The van der Waals surface area contributed by atoms with Gasteiger partial charge in [0.25, 0.3) is 5.91 Å². The molecule has 0 aliphatic heterocycles. The summed E-state index contributed by atoms with van der Waals surface area (Å²) in [6.07, 6.45) is 0.725. The summed E-state index contributed by atoms with van der Waals surface area (Å²) in [5.74, 6) is 0.582. The van der Waals surface area contributed by atoms with Gasteiger partial charge in [-0.15, -0.1) is 0 Å². The van der Waals surface area contributed by atoms with Crippen LogP contribution in [0.5, 0.6) is 11.5 Å². The standard InChI is InChI=1S/C34H44N2O4/c1-22-10-13-24(14-11-22)30(32(39)35-25-15-17-26(40-9)18-16-25)36(8)29(37)19-12-23-20-27(33(2,3)4)31(38)28(21-23)34(5,6)7/h10-11,13-18,20-21,30,38H,12,19H2,1-9H3,(H,35,39)/t30-/m0/s1. The zero-order valence-electron chi connectivity index (χ0n) is 25.4. The van der Waals surface area contributed by atoms with Gasteiger partial charge in [0.1, 0.15) is 17.5 Å². The van der Waals surface area contributed by atoms with E-state index in [0.717, 1.165) is 27.8 Å². The van der Waals surface area contributed by atoms with Crippen LogP contribution in [0.4, 0.5) is 5.69 Å². The number of hydrogen-bond acceptors (Lipinski definition) is 4. The highest BCUT2D eigenvalue weighted by Crippen LogP contribution is 2.40. The fourth-order valence-corrected chi connectivity index (χ4v) is 4.74. The molecule has 3 rings (SSSR count). The van der Waals surface area contributed by atoms with Crippen LogP contribution in [0.25, 0.3) is 0 Å². The number of amides is 2. The predicted octanol–water partition coefficient (Wildman–Crippen LogP) is 7.08. The van der Waals surface area contributed by atoms with Gasteiger partial charge < -0.3 is 20.1 Å². The average Bonchev–Trinajstić information content (AvgIpc) is 2.88. The van der Waals surface area contributed by atoms with E-state index in [2.05, 4.69) is 46.9 Å². The molecule has 0 fully saturated rings. The van der Waals surface area contributed by atoms with Crippen LogP contribution in [-0.4, -0.2) is 36.0 Å².